The first-order chi connectivity index (χ1) is 8.45. The van der Waals surface area contributed by atoms with Gasteiger partial charge in [-0.1, -0.05) is 23.2 Å². The average Bonchev–Trinajstić information content (AvgIpc) is 2.69. The monoisotopic (exact) mass is 328 g/mol. The summed E-state index contributed by atoms with van der Waals surface area (Å²) >= 11 is 12.8. The van der Waals surface area contributed by atoms with Crippen molar-refractivity contribution in [2.75, 3.05) is 20.1 Å². The molecule has 1 N–H and O–H groups in total. The van der Waals surface area contributed by atoms with Gasteiger partial charge in [0, 0.05) is 19.1 Å². The Morgan fingerprint density at radius 2 is 2.22 bits per heavy atom. The van der Waals surface area contributed by atoms with E-state index in [4.69, 9.17) is 23.2 Å². The Balaban J connectivity index is 2.28. The molecule has 1 aromatic heterocycles. The summed E-state index contributed by atoms with van der Waals surface area (Å²) in [4.78, 5) is 0.121. The van der Waals surface area contributed by atoms with Crippen molar-refractivity contribution in [3.8, 4) is 0 Å². The van der Waals surface area contributed by atoms with Crippen LogP contribution in [0.15, 0.2) is 11.0 Å². The highest BCUT2D eigenvalue weighted by Gasteiger charge is 2.32. The molecule has 0 radical (unpaired) electrons. The third-order valence-corrected chi connectivity index (χ3v) is 6.65. The number of thiophene rings is 1. The maximum absolute atomic E-state index is 12.4. The summed E-state index contributed by atoms with van der Waals surface area (Å²) in [5, 5.41) is 3.11. The van der Waals surface area contributed by atoms with Gasteiger partial charge in [-0.2, -0.15) is 4.31 Å². The van der Waals surface area contributed by atoms with Crippen molar-refractivity contribution in [2.45, 2.75) is 23.8 Å². The molecule has 0 amide bonds. The summed E-state index contributed by atoms with van der Waals surface area (Å²) in [5.74, 6) is 0. The Kier molecular flexibility index (Phi) is 4.57. The van der Waals surface area contributed by atoms with Gasteiger partial charge < -0.3 is 5.32 Å². The SMILES string of the molecule is CNC1CCCN(S(=O)(=O)c2cc(Cl)sc2Cl)C1. The Labute approximate surface area is 121 Å². The molecule has 8 heteroatoms. The number of nitrogens with zero attached hydrogens (tertiary/aromatic N) is 1. The molecule has 102 valence electrons. The van der Waals surface area contributed by atoms with Gasteiger partial charge in [0.25, 0.3) is 0 Å². The van der Waals surface area contributed by atoms with Crippen LogP contribution in [0.3, 0.4) is 0 Å². The fraction of sp³-hybridized carbons (Fsp3) is 0.600. The molecule has 1 aliphatic rings. The molecule has 0 saturated carbocycles. The minimum Gasteiger partial charge on any atom is -0.316 e. The van der Waals surface area contributed by atoms with Crippen LogP contribution in [-0.2, 0) is 10.0 Å². The highest BCUT2D eigenvalue weighted by atomic mass is 35.5. The summed E-state index contributed by atoms with van der Waals surface area (Å²) in [6, 6.07) is 1.62. The van der Waals surface area contributed by atoms with Gasteiger partial charge in [-0.3, -0.25) is 0 Å². The third kappa shape index (κ3) is 2.84. The predicted molar refractivity (Wildman–Crippen MR) is 75.2 cm³/mol. The molecule has 1 unspecified atom stereocenters. The summed E-state index contributed by atoms with van der Waals surface area (Å²) in [6.07, 6.45) is 1.83. The maximum Gasteiger partial charge on any atom is 0.245 e. The van der Waals surface area contributed by atoms with E-state index >= 15 is 0 Å². The molecule has 2 heterocycles. The van der Waals surface area contributed by atoms with E-state index in [1.54, 1.807) is 0 Å². The van der Waals surface area contributed by atoms with Gasteiger partial charge in [-0.05, 0) is 26.0 Å². The minimum absolute atomic E-state index is 0.121. The minimum atomic E-state index is -3.53. The van der Waals surface area contributed by atoms with E-state index < -0.39 is 10.0 Å². The van der Waals surface area contributed by atoms with Gasteiger partial charge >= 0.3 is 0 Å². The van der Waals surface area contributed by atoms with Gasteiger partial charge in [-0.15, -0.1) is 11.3 Å². The lowest BCUT2D eigenvalue weighted by Crippen LogP contribution is -2.46. The second-order valence-electron chi connectivity index (χ2n) is 4.18. The van der Waals surface area contributed by atoms with Crippen LogP contribution >= 0.6 is 34.5 Å². The van der Waals surface area contributed by atoms with Crippen molar-refractivity contribution in [2.24, 2.45) is 0 Å². The van der Waals surface area contributed by atoms with E-state index in [0.717, 1.165) is 24.2 Å². The number of piperidine rings is 1. The molecular formula is C10H14Cl2N2O2S2. The van der Waals surface area contributed by atoms with Crippen LogP contribution in [0.2, 0.25) is 8.67 Å². The lowest BCUT2D eigenvalue weighted by atomic mass is 10.1. The molecule has 4 nitrogen and oxygen atoms in total. The standard InChI is InChI=1S/C10H14Cl2N2O2S2/c1-13-7-3-2-4-14(6-7)18(15,16)8-5-9(11)17-10(8)12/h5,7,13H,2-4,6H2,1H3. The summed E-state index contributed by atoms with van der Waals surface area (Å²) < 4.78 is 27.0. The van der Waals surface area contributed by atoms with E-state index in [0.29, 0.717) is 17.4 Å². The van der Waals surface area contributed by atoms with Crippen molar-refractivity contribution in [3.05, 3.63) is 14.7 Å². The number of likely N-dealkylation sites (N-methyl/N-ethyl adjacent to an activating group) is 1. The molecule has 0 bridgehead atoms. The third-order valence-electron chi connectivity index (χ3n) is 3.04. The fourth-order valence-electron chi connectivity index (χ4n) is 2.04. The second kappa shape index (κ2) is 5.64. The van der Waals surface area contributed by atoms with Gasteiger partial charge in [0.15, 0.2) is 0 Å². The highest BCUT2D eigenvalue weighted by Crippen LogP contribution is 2.36. The number of rotatable bonds is 3. The molecule has 0 aliphatic carbocycles. The second-order valence-corrected chi connectivity index (χ2v) is 8.37. The van der Waals surface area contributed by atoms with Crippen LogP contribution < -0.4 is 5.32 Å². The molecule has 1 aliphatic heterocycles. The largest absolute Gasteiger partial charge is 0.316 e. The Hall–Kier alpha value is 0.150. The number of halogens is 2. The molecule has 0 spiro atoms. The summed E-state index contributed by atoms with van der Waals surface area (Å²) in [6.45, 7) is 1.01. The molecule has 1 atom stereocenters. The van der Waals surface area contributed by atoms with Crippen molar-refractivity contribution in [1.82, 2.24) is 9.62 Å². The molecule has 1 saturated heterocycles. The predicted octanol–water partition coefficient (Wildman–Crippen LogP) is 2.43. The van der Waals surface area contributed by atoms with E-state index in [1.165, 1.54) is 10.4 Å². The van der Waals surface area contributed by atoms with Crippen molar-refractivity contribution >= 4 is 44.6 Å². The molecule has 18 heavy (non-hydrogen) atoms. The van der Waals surface area contributed by atoms with E-state index in [-0.39, 0.29) is 15.3 Å². The Morgan fingerprint density at radius 1 is 1.50 bits per heavy atom. The van der Waals surface area contributed by atoms with Gasteiger partial charge in [0.05, 0.1) is 4.34 Å². The van der Waals surface area contributed by atoms with E-state index in [1.807, 2.05) is 7.05 Å². The first-order valence-electron chi connectivity index (χ1n) is 5.57. The van der Waals surface area contributed by atoms with Gasteiger partial charge in [-0.25, -0.2) is 8.42 Å². The average molecular weight is 329 g/mol. The van der Waals surface area contributed by atoms with Crippen LogP contribution in [0.25, 0.3) is 0 Å². The lowest BCUT2D eigenvalue weighted by Gasteiger charge is -2.31. The van der Waals surface area contributed by atoms with Crippen LogP contribution in [0.5, 0.6) is 0 Å². The quantitative estimate of drug-likeness (QED) is 0.927. The molecule has 1 fully saturated rings. The molecule has 1 aromatic rings. The van der Waals surface area contributed by atoms with E-state index in [2.05, 4.69) is 5.32 Å². The van der Waals surface area contributed by atoms with Crippen LogP contribution in [-0.4, -0.2) is 38.9 Å². The highest BCUT2D eigenvalue weighted by molar-refractivity contribution is 7.89. The van der Waals surface area contributed by atoms with Crippen molar-refractivity contribution < 1.29 is 8.42 Å². The normalized spacial score (nSPS) is 22.3. The lowest BCUT2D eigenvalue weighted by molar-refractivity contribution is 0.293. The first kappa shape index (κ1) is 14.6. The number of sulfonamides is 1. The summed E-state index contributed by atoms with van der Waals surface area (Å²) in [7, 11) is -1.69. The first-order valence-corrected chi connectivity index (χ1v) is 8.58. The molecular weight excluding hydrogens is 315 g/mol. The van der Waals surface area contributed by atoms with Crippen LogP contribution in [0.1, 0.15) is 12.8 Å². The van der Waals surface area contributed by atoms with Gasteiger partial charge in [0.2, 0.25) is 10.0 Å². The Morgan fingerprint density at radius 3 is 2.78 bits per heavy atom. The molecule has 2 rings (SSSR count). The maximum atomic E-state index is 12.4. The molecule has 0 aromatic carbocycles. The number of hydrogen-bond donors (Lipinski definition) is 1. The zero-order chi connectivity index (χ0) is 13.3. The topological polar surface area (TPSA) is 49.4 Å². The van der Waals surface area contributed by atoms with Gasteiger partial charge in [0.1, 0.15) is 9.23 Å². The van der Waals surface area contributed by atoms with E-state index in [9.17, 15) is 8.42 Å². The Bertz CT molecular complexity index is 530. The van der Waals surface area contributed by atoms with Crippen LogP contribution in [0, 0.1) is 0 Å². The van der Waals surface area contributed by atoms with Crippen molar-refractivity contribution in [3.63, 3.8) is 0 Å². The number of hydrogen-bond acceptors (Lipinski definition) is 4. The zero-order valence-electron chi connectivity index (χ0n) is 9.82. The smallest absolute Gasteiger partial charge is 0.245 e. The number of nitrogens with one attached hydrogen (secondary N) is 1. The van der Waals surface area contributed by atoms with Crippen LogP contribution in [0.4, 0.5) is 0 Å². The summed E-state index contributed by atoms with van der Waals surface area (Å²) in [5.41, 5.74) is 0. The van der Waals surface area contributed by atoms with Crippen molar-refractivity contribution in [1.29, 1.82) is 0 Å². The zero-order valence-corrected chi connectivity index (χ0v) is 13.0. The fourth-order valence-corrected chi connectivity index (χ4v) is 5.67.